The molecule has 1 aromatic heterocycles. The largest absolute Gasteiger partial charge is 0.388 e. The van der Waals surface area contributed by atoms with Crippen LogP contribution in [0.1, 0.15) is 40.6 Å². The van der Waals surface area contributed by atoms with Crippen LogP contribution in [-0.2, 0) is 4.79 Å². The molecule has 0 spiro atoms. The fourth-order valence-electron chi connectivity index (χ4n) is 3.32. The first-order valence-electron chi connectivity index (χ1n) is 8.97. The van der Waals surface area contributed by atoms with Gasteiger partial charge in [0.25, 0.3) is 5.91 Å². The average Bonchev–Trinajstić information content (AvgIpc) is 3.23. The molecule has 3 rings (SSSR count). The predicted octanol–water partition coefficient (Wildman–Crippen LogP) is 2.84. The Balaban J connectivity index is 1.40. The Kier molecular flexibility index (Phi) is 6.41. The molecule has 26 heavy (non-hydrogen) atoms. The number of piperidine rings is 1. The van der Waals surface area contributed by atoms with Gasteiger partial charge in [-0.3, -0.25) is 9.59 Å². The number of nitrogens with one attached hydrogen (secondary N) is 1. The molecule has 0 radical (unpaired) electrons. The lowest BCUT2D eigenvalue weighted by Crippen LogP contribution is -2.41. The molecule has 1 fully saturated rings. The second kappa shape index (κ2) is 8.96. The number of carbonyl (C=O) groups excluding carboxylic acids is 2. The number of carbonyl (C=O) groups is 2. The predicted molar refractivity (Wildman–Crippen MR) is 102 cm³/mol. The van der Waals surface area contributed by atoms with Gasteiger partial charge in [0.1, 0.15) is 0 Å². The number of hydrogen-bond acceptors (Lipinski definition) is 4. The number of thiophene rings is 1. The summed E-state index contributed by atoms with van der Waals surface area (Å²) in [5.74, 6) is 0.113. The Morgan fingerprint density at radius 3 is 2.54 bits per heavy atom. The number of aliphatic hydroxyl groups is 1. The molecule has 1 unspecified atom stereocenters. The van der Waals surface area contributed by atoms with Crippen LogP contribution in [0.5, 0.6) is 0 Å². The summed E-state index contributed by atoms with van der Waals surface area (Å²) in [6.45, 7) is 1.67. The normalized spacial score (nSPS) is 16.3. The Morgan fingerprint density at radius 2 is 1.88 bits per heavy atom. The molecule has 6 heteroatoms. The van der Waals surface area contributed by atoms with E-state index in [9.17, 15) is 14.7 Å². The third-order valence-corrected chi connectivity index (χ3v) is 5.72. The second-order valence-electron chi connectivity index (χ2n) is 6.56. The standard InChI is InChI=1S/C20H24N2O3S/c23-18(8-11-21-20(25)17-7-4-14-26-17)22-12-9-16(10-13-22)19(24)15-5-2-1-3-6-15/h1-7,14,16,19,24H,8-13H2,(H,21,25). The van der Waals surface area contributed by atoms with Crippen molar-refractivity contribution in [1.29, 1.82) is 0 Å². The minimum atomic E-state index is -0.474. The van der Waals surface area contributed by atoms with Gasteiger partial charge in [-0.05, 0) is 35.8 Å². The van der Waals surface area contributed by atoms with Crippen LogP contribution in [0, 0.1) is 5.92 Å². The number of hydrogen-bond donors (Lipinski definition) is 2. The fourth-order valence-corrected chi connectivity index (χ4v) is 3.96. The van der Waals surface area contributed by atoms with Gasteiger partial charge >= 0.3 is 0 Å². The van der Waals surface area contributed by atoms with E-state index in [0.29, 0.717) is 30.9 Å². The van der Waals surface area contributed by atoms with E-state index in [1.54, 1.807) is 6.07 Å². The molecule has 1 aliphatic rings. The number of amides is 2. The lowest BCUT2D eigenvalue weighted by Gasteiger charge is -2.34. The van der Waals surface area contributed by atoms with Gasteiger partial charge in [-0.25, -0.2) is 0 Å². The van der Waals surface area contributed by atoms with Crippen LogP contribution >= 0.6 is 11.3 Å². The Bertz CT molecular complexity index is 710. The van der Waals surface area contributed by atoms with Crippen LogP contribution in [0.3, 0.4) is 0 Å². The van der Waals surface area contributed by atoms with Crippen molar-refractivity contribution in [3.63, 3.8) is 0 Å². The van der Waals surface area contributed by atoms with E-state index < -0.39 is 6.10 Å². The minimum absolute atomic E-state index is 0.0594. The molecule has 2 heterocycles. The van der Waals surface area contributed by atoms with Crippen LogP contribution < -0.4 is 5.32 Å². The number of likely N-dealkylation sites (tertiary alicyclic amines) is 1. The summed E-state index contributed by atoms with van der Waals surface area (Å²) in [5.41, 5.74) is 0.938. The molecule has 0 saturated carbocycles. The van der Waals surface area contributed by atoms with Gasteiger partial charge in [0.2, 0.25) is 5.91 Å². The molecule has 1 aliphatic heterocycles. The van der Waals surface area contributed by atoms with Crippen LogP contribution in [-0.4, -0.2) is 41.5 Å². The monoisotopic (exact) mass is 372 g/mol. The van der Waals surface area contributed by atoms with Gasteiger partial charge in [-0.2, -0.15) is 0 Å². The third-order valence-electron chi connectivity index (χ3n) is 4.85. The van der Waals surface area contributed by atoms with E-state index >= 15 is 0 Å². The number of nitrogens with zero attached hydrogens (tertiary/aromatic N) is 1. The first-order valence-corrected chi connectivity index (χ1v) is 9.85. The van der Waals surface area contributed by atoms with Gasteiger partial charge in [0, 0.05) is 26.1 Å². The smallest absolute Gasteiger partial charge is 0.261 e. The van der Waals surface area contributed by atoms with Crippen molar-refractivity contribution in [3.05, 3.63) is 58.3 Å². The highest BCUT2D eigenvalue weighted by Gasteiger charge is 2.28. The van der Waals surface area contributed by atoms with Gasteiger partial charge < -0.3 is 15.3 Å². The lowest BCUT2D eigenvalue weighted by atomic mass is 9.87. The molecule has 138 valence electrons. The number of benzene rings is 1. The van der Waals surface area contributed by atoms with Crippen molar-refractivity contribution < 1.29 is 14.7 Å². The zero-order valence-corrected chi connectivity index (χ0v) is 15.5. The fraction of sp³-hybridized carbons (Fsp3) is 0.400. The summed E-state index contributed by atoms with van der Waals surface area (Å²) in [6, 6.07) is 13.3. The lowest BCUT2D eigenvalue weighted by molar-refractivity contribution is -0.133. The molecular weight excluding hydrogens is 348 g/mol. The Morgan fingerprint density at radius 1 is 1.15 bits per heavy atom. The van der Waals surface area contributed by atoms with E-state index in [0.717, 1.165) is 18.4 Å². The molecule has 1 aromatic carbocycles. The Hall–Kier alpha value is -2.18. The zero-order valence-electron chi connectivity index (χ0n) is 14.6. The molecule has 0 bridgehead atoms. The molecule has 5 nitrogen and oxygen atoms in total. The molecule has 0 aliphatic carbocycles. The molecule has 2 N–H and O–H groups in total. The van der Waals surface area contributed by atoms with Crippen LogP contribution in [0.15, 0.2) is 47.8 Å². The van der Waals surface area contributed by atoms with Gasteiger partial charge in [-0.15, -0.1) is 11.3 Å². The Labute approximate surface area is 157 Å². The maximum absolute atomic E-state index is 12.3. The van der Waals surface area contributed by atoms with E-state index in [1.807, 2.05) is 46.7 Å². The highest BCUT2D eigenvalue weighted by atomic mass is 32.1. The van der Waals surface area contributed by atoms with E-state index in [-0.39, 0.29) is 17.7 Å². The zero-order chi connectivity index (χ0) is 18.4. The summed E-state index contributed by atoms with van der Waals surface area (Å²) in [7, 11) is 0. The average molecular weight is 372 g/mol. The summed E-state index contributed by atoms with van der Waals surface area (Å²) in [5, 5.41) is 15.2. The van der Waals surface area contributed by atoms with Gasteiger partial charge in [-0.1, -0.05) is 36.4 Å². The SMILES string of the molecule is O=C(NCCC(=O)N1CCC(C(O)c2ccccc2)CC1)c1cccs1. The number of rotatable bonds is 6. The molecular formula is C20H24N2O3S. The summed E-state index contributed by atoms with van der Waals surface area (Å²) >= 11 is 1.39. The van der Waals surface area contributed by atoms with E-state index in [4.69, 9.17) is 0 Å². The topological polar surface area (TPSA) is 69.6 Å². The maximum Gasteiger partial charge on any atom is 0.261 e. The van der Waals surface area contributed by atoms with Crippen molar-refractivity contribution in [2.24, 2.45) is 5.92 Å². The number of aliphatic hydroxyl groups excluding tert-OH is 1. The summed E-state index contributed by atoms with van der Waals surface area (Å²) < 4.78 is 0. The summed E-state index contributed by atoms with van der Waals surface area (Å²) in [4.78, 5) is 26.7. The van der Waals surface area contributed by atoms with E-state index in [1.165, 1.54) is 11.3 Å². The van der Waals surface area contributed by atoms with Crippen molar-refractivity contribution in [3.8, 4) is 0 Å². The van der Waals surface area contributed by atoms with Crippen molar-refractivity contribution >= 4 is 23.2 Å². The van der Waals surface area contributed by atoms with Crippen LogP contribution in [0.4, 0.5) is 0 Å². The van der Waals surface area contributed by atoms with Crippen molar-refractivity contribution in [2.75, 3.05) is 19.6 Å². The molecule has 1 atom stereocenters. The molecule has 2 amide bonds. The van der Waals surface area contributed by atoms with Gasteiger partial charge in [0.15, 0.2) is 0 Å². The van der Waals surface area contributed by atoms with Crippen LogP contribution in [0.2, 0.25) is 0 Å². The molecule has 1 saturated heterocycles. The highest BCUT2D eigenvalue weighted by Crippen LogP contribution is 2.30. The second-order valence-corrected chi connectivity index (χ2v) is 7.50. The van der Waals surface area contributed by atoms with Crippen molar-refractivity contribution in [1.82, 2.24) is 10.2 Å². The minimum Gasteiger partial charge on any atom is -0.388 e. The maximum atomic E-state index is 12.3. The summed E-state index contributed by atoms with van der Waals surface area (Å²) in [6.07, 6.45) is 1.42. The first-order chi connectivity index (χ1) is 12.6. The first kappa shape index (κ1) is 18.6. The van der Waals surface area contributed by atoms with Gasteiger partial charge in [0.05, 0.1) is 11.0 Å². The van der Waals surface area contributed by atoms with Crippen LogP contribution in [0.25, 0.3) is 0 Å². The highest BCUT2D eigenvalue weighted by molar-refractivity contribution is 7.12. The van der Waals surface area contributed by atoms with E-state index in [2.05, 4.69) is 5.32 Å². The quantitative estimate of drug-likeness (QED) is 0.819. The third kappa shape index (κ3) is 4.71. The molecule has 2 aromatic rings. The van der Waals surface area contributed by atoms with Crippen molar-refractivity contribution in [2.45, 2.75) is 25.4 Å².